The summed E-state index contributed by atoms with van der Waals surface area (Å²) >= 11 is 0. The average Bonchev–Trinajstić information content (AvgIpc) is 2.79. The smallest absolute Gasteiger partial charge is 0.336 e. The normalized spacial score (nSPS) is 20.6. The van der Waals surface area contributed by atoms with Crippen molar-refractivity contribution in [1.82, 2.24) is 0 Å². The van der Waals surface area contributed by atoms with Crippen molar-refractivity contribution in [2.75, 3.05) is 13.2 Å². The number of esters is 1. The number of carboxylic acid groups (broad SMARTS) is 1. The second-order valence-corrected chi connectivity index (χ2v) is 8.03. The van der Waals surface area contributed by atoms with Crippen molar-refractivity contribution in [2.24, 2.45) is 11.8 Å². The number of rotatable bonds is 13. The summed E-state index contributed by atoms with van der Waals surface area (Å²) in [4.78, 5) is 33.3. The highest BCUT2D eigenvalue weighted by Gasteiger charge is 2.26. The van der Waals surface area contributed by atoms with Crippen molar-refractivity contribution in [3.05, 3.63) is 48.0 Å². The maximum Gasteiger partial charge on any atom is 0.336 e. The first-order valence-corrected chi connectivity index (χ1v) is 10.9. The van der Waals surface area contributed by atoms with E-state index in [-0.39, 0.29) is 31.5 Å². The highest BCUT2D eigenvalue weighted by Crippen LogP contribution is 2.32. The fourth-order valence-electron chi connectivity index (χ4n) is 3.81. The number of hydrogen-bond acceptors (Lipinski definition) is 6. The summed E-state index contributed by atoms with van der Waals surface area (Å²) in [7, 11) is 0. The minimum Gasteiger partial charge on any atom is -0.478 e. The van der Waals surface area contributed by atoms with Gasteiger partial charge in [0.15, 0.2) is 6.10 Å². The van der Waals surface area contributed by atoms with E-state index >= 15 is 0 Å². The third kappa shape index (κ3) is 8.44. The largest absolute Gasteiger partial charge is 0.478 e. The molecule has 1 aliphatic carbocycles. The molecule has 1 fully saturated rings. The molecule has 0 aliphatic heterocycles. The highest BCUT2D eigenvalue weighted by molar-refractivity contribution is 5.89. The van der Waals surface area contributed by atoms with Gasteiger partial charge in [0.2, 0.25) is 0 Å². The molecule has 0 heterocycles. The summed E-state index contributed by atoms with van der Waals surface area (Å²) in [6.45, 7) is 8.09. The monoisotopic (exact) mass is 434 g/mol. The molecule has 7 nitrogen and oxygen atoms in total. The predicted molar refractivity (Wildman–Crippen MR) is 115 cm³/mol. The molecule has 172 valence electrons. The van der Waals surface area contributed by atoms with E-state index in [0.717, 1.165) is 43.6 Å². The Balaban J connectivity index is 1.78. The van der Waals surface area contributed by atoms with Crippen LogP contribution in [0.4, 0.5) is 0 Å². The van der Waals surface area contributed by atoms with Gasteiger partial charge in [-0.25, -0.2) is 19.4 Å². The van der Waals surface area contributed by atoms with Crippen LogP contribution in [-0.2, 0) is 30.7 Å². The number of carboxylic acids is 1. The number of carbonyl (C=O) groups excluding carboxylic acids is 1. The van der Waals surface area contributed by atoms with Crippen molar-refractivity contribution >= 4 is 11.9 Å². The molecule has 0 radical (unpaired) electrons. The first-order chi connectivity index (χ1) is 14.9. The molecule has 0 bridgehead atoms. The first kappa shape index (κ1) is 25.0. The Morgan fingerprint density at radius 2 is 1.87 bits per heavy atom. The fraction of sp³-hybridized carbons (Fsp3) is 0.583. The molecule has 0 saturated heterocycles. The standard InChI is InChI=1S/C24H34O7/c1-4-17(3)18-10-12-20(13-11-18)28-15-21(31-23(25)5-2)16-30-29-14-19-8-6-7-9-22(19)24(26)27/h5-9,17-18,20-21H,2,4,10-16H2,1,3H3,(H,26,27). The molecule has 1 aliphatic rings. The van der Waals surface area contributed by atoms with Crippen LogP contribution in [0.25, 0.3) is 0 Å². The first-order valence-electron chi connectivity index (χ1n) is 10.9. The van der Waals surface area contributed by atoms with Gasteiger partial charge in [-0.3, -0.25) is 0 Å². The number of carbonyl (C=O) groups is 2. The van der Waals surface area contributed by atoms with E-state index in [4.69, 9.17) is 19.2 Å². The molecule has 0 aromatic heterocycles. The Labute approximate surface area is 184 Å². The van der Waals surface area contributed by atoms with Crippen LogP contribution < -0.4 is 0 Å². The Kier molecular flexibility index (Phi) is 10.7. The maximum atomic E-state index is 11.6. The summed E-state index contributed by atoms with van der Waals surface area (Å²) in [6, 6.07) is 6.52. The van der Waals surface area contributed by atoms with Crippen LogP contribution in [0.5, 0.6) is 0 Å². The molecule has 0 spiro atoms. The molecule has 31 heavy (non-hydrogen) atoms. The van der Waals surface area contributed by atoms with E-state index in [0.29, 0.717) is 5.56 Å². The van der Waals surface area contributed by atoms with Crippen molar-refractivity contribution in [1.29, 1.82) is 0 Å². The third-order valence-electron chi connectivity index (χ3n) is 5.93. The number of aromatic carboxylic acids is 1. The van der Waals surface area contributed by atoms with Gasteiger partial charge in [0.1, 0.15) is 13.2 Å². The molecular formula is C24H34O7. The molecule has 2 rings (SSSR count). The van der Waals surface area contributed by atoms with E-state index in [2.05, 4.69) is 20.4 Å². The zero-order valence-corrected chi connectivity index (χ0v) is 18.5. The molecule has 0 amide bonds. The van der Waals surface area contributed by atoms with E-state index in [1.54, 1.807) is 18.2 Å². The van der Waals surface area contributed by atoms with Crippen LogP contribution in [0.1, 0.15) is 61.9 Å². The highest BCUT2D eigenvalue weighted by atomic mass is 17.2. The predicted octanol–water partition coefficient (Wildman–Crippen LogP) is 4.55. The van der Waals surface area contributed by atoms with Crippen molar-refractivity contribution in [3.8, 4) is 0 Å². The summed E-state index contributed by atoms with van der Waals surface area (Å²) in [6.07, 6.45) is 6.10. The van der Waals surface area contributed by atoms with Crippen LogP contribution in [0.15, 0.2) is 36.9 Å². The van der Waals surface area contributed by atoms with Crippen LogP contribution in [-0.4, -0.2) is 42.5 Å². The summed E-state index contributed by atoms with van der Waals surface area (Å²) in [5, 5.41) is 9.21. The molecule has 7 heteroatoms. The molecule has 1 N–H and O–H groups in total. The summed E-state index contributed by atoms with van der Waals surface area (Å²) < 4.78 is 11.3. The molecule has 1 aromatic rings. The van der Waals surface area contributed by atoms with Gasteiger partial charge in [-0.05, 0) is 49.1 Å². The van der Waals surface area contributed by atoms with Gasteiger partial charge in [0.05, 0.1) is 18.3 Å². The van der Waals surface area contributed by atoms with Gasteiger partial charge >= 0.3 is 11.9 Å². The lowest BCUT2D eigenvalue weighted by Crippen LogP contribution is -2.32. The number of ether oxygens (including phenoxy) is 2. The Morgan fingerprint density at radius 3 is 2.52 bits per heavy atom. The van der Waals surface area contributed by atoms with Gasteiger partial charge in [0, 0.05) is 6.08 Å². The van der Waals surface area contributed by atoms with Crippen LogP contribution in [0, 0.1) is 11.8 Å². The van der Waals surface area contributed by atoms with E-state index in [1.165, 1.54) is 12.5 Å². The minimum absolute atomic E-state index is 0.0307. The summed E-state index contributed by atoms with van der Waals surface area (Å²) in [5.41, 5.74) is 0.640. The fourth-order valence-corrected chi connectivity index (χ4v) is 3.81. The van der Waals surface area contributed by atoms with Crippen LogP contribution in [0.2, 0.25) is 0 Å². The number of benzene rings is 1. The Morgan fingerprint density at radius 1 is 1.16 bits per heavy atom. The number of hydrogen-bond donors (Lipinski definition) is 1. The minimum atomic E-state index is -1.03. The molecule has 2 unspecified atom stereocenters. The van der Waals surface area contributed by atoms with Crippen molar-refractivity contribution in [2.45, 2.75) is 64.8 Å². The van der Waals surface area contributed by atoms with E-state index in [9.17, 15) is 14.7 Å². The zero-order valence-electron chi connectivity index (χ0n) is 18.5. The lowest BCUT2D eigenvalue weighted by atomic mass is 9.79. The van der Waals surface area contributed by atoms with Gasteiger partial charge in [-0.1, -0.05) is 45.0 Å². The quantitative estimate of drug-likeness (QED) is 0.160. The lowest BCUT2D eigenvalue weighted by Gasteiger charge is -2.32. The maximum absolute atomic E-state index is 11.6. The molecule has 1 aromatic carbocycles. The molecule has 1 saturated carbocycles. The lowest BCUT2D eigenvalue weighted by molar-refractivity contribution is -0.316. The third-order valence-corrected chi connectivity index (χ3v) is 5.93. The van der Waals surface area contributed by atoms with E-state index in [1.807, 2.05) is 0 Å². The molecular weight excluding hydrogens is 400 g/mol. The summed E-state index contributed by atoms with van der Waals surface area (Å²) in [5.74, 6) is -0.106. The van der Waals surface area contributed by atoms with Gasteiger partial charge in [0.25, 0.3) is 0 Å². The van der Waals surface area contributed by atoms with Gasteiger partial charge < -0.3 is 14.6 Å². The van der Waals surface area contributed by atoms with Gasteiger partial charge in [-0.2, -0.15) is 0 Å². The SMILES string of the molecule is C=CC(=O)OC(COOCc1ccccc1C(=O)O)COC1CCC(C(C)CC)CC1. The molecule has 2 atom stereocenters. The zero-order chi connectivity index (χ0) is 22.6. The van der Waals surface area contributed by atoms with Gasteiger partial charge in [-0.15, -0.1) is 0 Å². The second kappa shape index (κ2) is 13.2. The van der Waals surface area contributed by atoms with Crippen molar-refractivity contribution in [3.63, 3.8) is 0 Å². The Hall–Kier alpha value is -2.22. The van der Waals surface area contributed by atoms with Crippen LogP contribution >= 0.6 is 0 Å². The topological polar surface area (TPSA) is 91.3 Å². The Bertz CT molecular complexity index is 710. The second-order valence-electron chi connectivity index (χ2n) is 8.03. The van der Waals surface area contributed by atoms with E-state index < -0.39 is 18.0 Å². The average molecular weight is 435 g/mol. The van der Waals surface area contributed by atoms with Crippen molar-refractivity contribution < 1.29 is 33.9 Å². The van der Waals surface area contributed by atoms with Crippen LogP contribution in [0.3, 0.4) is 0 Å².